The summed E-state index contributed by atoms with van der Waals surface area (Å²) in [4.78, 5) is 28.2. The summed E-state index contributed by atoms with van der Waals surface area (Å²) in [6, 6.07) is 13.8. The zero-order chi connectivity index (χ0) is 19.2. The lowest BCUT2D eigenvalue weighted by atomic mass is 10.1. The molecular weight excluding hydrogens is 352 g/mol. The van der Waals surface area contributed by atoms with E-state index in [0.29, 0.717) is 24.6 Å². The molecule has 140 valence electrons. The van der Waals surface area contributed by atoms with Gasteiger partial charge in [0.15, 0.2) is 0 Å². The van der Waals surface area contributed by atoms with Crippen LogP contribution in [0, 0.1) is 0 Å². The third-order valence-corrected chi connectivity index (χ3v) is 4.42. The third kappa shape index (κ3) is 4.15. The maximum Gasteiger partial charge on any atom is 0.271 e. The van der Waals surface area contributed by atoms with Crippen LogP contribution in [0.2, 0.25) is 0 Å². The number of amides is 1. The molecule has 7 heteroatoms. The number of aromatic amines is 1. The van der Waals surface area contributed by atoms with E-state index in [0.717, 1.165) is 17.6 Å². The molecule has 4 rings (SSSR count). The summed E-state index contributed by atoms with van der Waals surface area (Å²) in [5.41, 5.74) is 3.48. The van der Waals surface area contributed by atoms with E-state index in [2.05, 4.69) is 36.6 Å². The minimum absolute atomic E-state index is 0.233. The third-order valence-electron chi connectivity index (χ3n) is 4.42. The molecule has 0 fully saturated rings. The number of aromatic nitrogens is 4. The second kappa shape index (κ2) is 8.30. The van der Waals surface area contributed by atoms with Gasteiger partial charge in [-0.2, -0.15) is 0 Å². The Balaban J connectivity index is 1.28. The van der Waals surface area contributed by atoms with Crippen molar-refractivity contribution in [1.29, 1.82) is 0 Å². The molecule has 1 amide bonds. The predicted molar refractivity (Wildman–Crippen MR) is 108 cm³/mol. The van der Waals surface area contributed by atoms with Gasteiger partial charge in [0, 0.05) is 29.8 Å². The summed E-state index contributed by atoms with van der Waals surface area (Å²) in [6.07, 6.45) is 7.50. The van der Waals surface area contributed by atoms with Crippen molar-refractivity contribution in [3.05, 3.63) is 84.2 Å². The molecule has 0 bridgehead atoms. The fourth-order valence-electron chi connectivity index (χ4n) is 2.96. The van der Waals surface area contributed by atoms with Gasteiger partial charge in [0.05, 0.1) is 24.6 Å². The lowest BCUT2D eigenvalue weighted by Crippen LogP contribution is -2.26. The lowest BCUT2D eigenvalue weighted by molar-refractivity contribution is 0.0949. The van der Waals surface area contributed by atoms with Gasteiger partial charge in [-0.3, -0.25) is 9.78 Å². The monoisotopic (exact) mass is 372 g/mol. The molecule has 0 aliphatic heterocycles. The van der Waals surface area contributed by atoms with E-state index >= 15 is 0 Å². The Labute approximate surface area is 162 Å². The second-order valence-electron chi connectivity index (χ2n) is 6.33. The molecule has 0 saturated heterocycles. The number of nitrogens with one attached hydrogen (secondary N) is 3. The minimum Gasteiger partial charge on any atom is -0.363 e. The summed E-state index contributed by atoms with van der Waals surface area (Å²) in [5, 5.41) is 7.21. The predicted octanol–water partition coefficient (Wildman–Crippen LogP) is 2.94. The van der Waals surface area contributed by atoms with E-state index in [1.807, 2.05) is 42.6 Å². The Hall–Kier alpha value is -3.74. The molecule has 3 aromatic heterocycles. The molecule has 28 heavy (non-hydrogen) atoms. The standard InChI is InChI=1S/C21H20N6O/c28-21(23-10-8-15-11-24-18-7-2-1-6-17(15)18)19-13-27-20(14-25-19)26-12-16-5-3-4-9-22-16/h1-7,9,11,13-14,24H,8,10,12H2,(H,23,28)(H,26,27). The first-order valence-corrected chi connectivity index (χ1v) is 9.08. The van der Waals surface area contributed by atoms with Crippen molar-refractivity contribution in [2.24, 2.45) is 0 Å². The molecule has 3 N–H and O–H groups in total. The molecule has 0 atom stereocenters. The summed E-state index contributed by atoms with van der Waals surface area (Å²) in [7, 11) is 0. The fraction of sp³-hybridized carbons (Fsp3) is 0.143. The first kappa shape index (κ1) is 17.7. The molecule has 0 unspecified atom stereocenters. The molecule has 4 aromatic rings. The van der Waals surface area contributed by atoms with Gasteiger partial charge in [-0.1, -0.05) is 24.3 Å². The number of nitrogens with zero attached hydrogens (tertiary/aromatic N) is 3. The molecule has 0 aliphatic rings. The van der Waals surface area contributed by atoms with Crippen molar-refractivity contribution in [3.8, 4) is 0 Å². The molecule has 0 radical (unpaired) electrons. The first-order chi connectivity index (χ1) is 13.8. The van der Waals surface area contributed by atoms with Crippen LogP contribution in [0.15, 0.2) is 67.3 Å². The van der Waals surface area contributed by atoms with E-state index in [-0.39, 0.29) is 5.91 Å². The summed E-state index contributed by atoms with van der Waals surface area (Å²) in [5.74, 6) is 0.365. The quantitative estimate of drug-likeness (QED) is 0.464. The van der Waals surface area contributed by atoms with Crippen molar-refractivity contribution in [2.45, 2.75) is 13.0 Å². The van der Waals surface area contributed by atoms with Gasteiger partial charge in [-0.25, -0.2) is 9.97 Å². The Bertz CT molecular complexity index is 1060. The van der Waals surface area contributed by atoms with Crippen LogP contribution < -0.4 is 10.6 Å². The fourth-order valence-corrected chi connectivity index (χ4v) is 2.96. The van der Waals surface area contributed by atoms with Crippen molar-refractivity contribution < 1.29 is 4.79 Å². The Morgan fingerprint density at radius 1 is 1.00 bits per heavy atom. The number of anilines is 1. The van der Waals surface area contributed by atoms with Crippen LogP contribution >= 0.6 is 0 Å². The van der Waals surface area contributed by atoms with E-state index in [1.54, 1.807) is 12.4 Å². The van der Waals surface area contributed by atoms with Crippen LogP contribution in [0.3, 0.4) is 0 Å². The van der Waals surface area contributed by atoms with Crippen molar-refractivity contribution in [3.63, 3.8) is 0 Å². The van der Waals surface area contributed by atoms with Crippen LogP contribution in [-0.2, 0) is 13.0 Å². The molecule has 7 nitrogen and oxygen atoms in total. The van der Waals surface area contributed by atoms with Gasteiger partial charge in [0.2, 0.25) is 0 Å². The van der Waals surface area contributed by atoms with E-state index < -0.39 is 0 Å². The number of carbonyl (C=O) groups is 1. The van der Waals surface area contributed by atoms with E-state index in [9.17, 15) is 4.79 Å². The molecule has 0 saturated carbocycles. The van der Waals surface area contributed by atoms with Crippen LogP contribution in [-0.4, -0.2) is 32.4 Å². The van der Waals surface area contributed by atoms with Crippen LogP contribution in [0.4, 0.5) is 5.82 Å². The number of H-pyrrole nitrogens is 1. The number of pyridine rings is 1. The van der Waals surface area contributed by atoms with E-state index in [1.165, 1.54) is 17.1 Å². The Kier molecular flexibility index (Phi) is 5.24. The van der Waals surface area contributed by atoms with Crippen molar-refractivity contribution >= 4 is 22.6 Å². The van der Waals surface area contributed by atoms with Crippen LogP contribution in [0.5, 0.6) is 0 Å². The molecule has 0 spiro atoms. The maximum atomic E-state index is 12.3. The minimum atomic E-state index is -0.233. The summed E-state index contributed by atoms with van der Waals surface area (Å²) in [6.45, 7) is 1.08. The lowest BCUT2D eigenvalue weighted by Gasteiger charge is -2.06. The number of fused-ring (bicyclic) bond motifs is 1. The highest BCUT2D eigenvalue weighted by Gasteiger charge is 2.09. The number of carbonyl (C=O) groups excluding carboxylic acids is 1. The average Bonchev–Trinajstić information content (AvgIpc) is 3.16. The number of hydrogen-bond acceptors (Lipinski definition) is 5. The normalized spacial score (nSPS) is 10.7. The SMILES string of the molecule is O=C(NCCc1c[nH]c2ccccc12)c1cnc(NCc2ccccn2)cn1. The average molecular weight is 372 g/mol. The number of para-hydroxylation sites is 1. The van der Waals surface area contributed by atoms with Gasteiger partial charge < -0.3 is 15.6 Å². The Morgan fingerprint density at radius 3 is 2.71 bits per heavy atom. The zero-order valence-electron chi connectivity index (χ0n) is 15.2. The maximum absolute atomic E-state index is 12.3. The molecule has 1 aromatic carbocycles. The van der Waals surface area contributed by atoms with Crippen LogP contribution in [0.1, 0.15) is 21.7 Å². The van der Waals surface area contributed by atoms with E-state index in [4.69, 9.17) is 0 Å². The first-order valence-electron chi connectivity index (χ1n) is 9.08. The van der Waals surface area contributed by atoms with Gasteiger partial charge in [-0.15, -0.1) is 0 Å². The number of rotatable bonds is 7. The molecule has 3 heterocycles. The van der Waals surface area contributed by atoms with Crippen molar-refractivity contribution in [2.75, 3.05) is 11.9 Å². The van der Waals surface area contributed by atoms with Crippen LogP contribution in [0.25, 0.3) is 10.9 Å². The van der Waals surface area contributed by atoms with Gasteiger partial charge in [-0.05, 0) is 30.2 Å². The van der Waals surface area contributed by atoms with Gasteiger partial charge in [0.1, 0.15) is 11.5 Å². The Morgan fingerprint density at radius 2 is 1.89 bits per heavy atom. The second-order valence-corrected chi connectivity index (χ2v) is 6.33. The smallest absolute Gasteiger partial charge is 0.271 e. The van der Waals surface area contributed by atoms with Gasteiger partial charge in [0.25, 0.3) is 5.91 Å². The molecular formula is C21H20N6O. The molecule has 0 aliphatic carbocycles. The topological polar surface area (TPSA) is 95.6 Å². The summed E-state index contributed by atoms with van der Waals surface area (Å²) < 4.78 is 0. The zero-order valence-corrected chi connectivity index (χ0v) is 15.2. The largest absolute Gasteiger partial charge is 0.363 e. The highest BCUT2D eigenvalue weighted by atomic mass is 16.1. The number of hydrogen-bond donors (Lipinski definition) is 3. The highest BCUT2D eigenvalue weighted by Crippen LogP contribution is 2.17. The summed E-state index contributed by atoms with van der Waals surface area (Å²) >= 11 is 0. The van der Waals surface area contributed by atoms with Crippen molar-refractivity contribution in [1.82, 2.24) is 25.3 Å². The number of benzene rings is 1. The highest BCUT2D eigenvalue weighted by molar-refractivity contribution is 5.92. The van der Waals surface area contributed by atoms with Gasteiger partial charge >= 0.3 is 0 Å².